The normalized spacial score (nSPS) is 12.4. The first-order chi connectivity index (χ1) is 12.7. The lowest BCUT2D eigenvalue weighted by atomic mass is 10.1. The van der Waals surface area contributed by atoms with Crippen LogP contribution in [0.1, 0.15) is 31.4 Å². The van der Waals surface area contributed by atoms with Gasteiger partial charge in [0.2, 0.25) is 5.91 Å². The maximum atomic E-state index is 13.7. The number of nitrogens with one attached hydrogen (secondary N) is 1. The number of hydrogen-bond acceptors (Lipinski definition) is 4. The number of rotatable bonds is 8. The summed E-state index contributed by atoms with van der Waals surface area (Å²) in [5.74, 6) is -1.15. The van der Waals surface area contributed by atoms with Crippen molar-refractivity contribution in [1.82, 2.24) is 5.32 Å². The molecule has 1 unspecified atom stereocenters. The van der Waals surface area contributed by atoms with Gasteiger partial charge in [-0.25, -0.2) is 17.2 Å². The minimum atomic E-state index is -3.25. The highest BCUT2D eigenvalue weighted by Gasteiger charge is 2.14. The maximum Gasteiger partial charge on any atom is 0.220 e. The molecule has 146 valence electrons. The van der Waals surface area contributed by atoms with Crippen LogP contribution >= 0.6 is 0 Å². The van der Waals surface area contributed by atoms with Crippen LogP contribution in [0.15, 0.2) is 47.4 Å². The van der Waals surface area contributed by atoms with Gasteiger partial charge in [0.1, 0.15) is 17.4 Å². The molecule has 1 amide bonds. The van der Waals surface area contributed by atoms with E-state index in [-0.39, 0.29) is 29.4 Å². The summed E-state index contributed by atoms with van der Waals surface area (Å²) >= 11 is 0. The molecule has 2 aromatic carbocycles. The van der Waals surface area contributed by atoms with Crippen molar-refractivity contribution in [3.63, 3.8) is 0 Å². The molecule has 1 atom stereocenters. The van der Waals surface area contributed by atoms with Gasteiger partial charge in [0.05, 0.1) is 17.5 Å². The minimum Gasteiger partial charge on any atom is -0.494 e. The molecule has 0 aliphatic rings. The number of amides is 1. The van der Waals surface area contributed by atoms with E-state index in [4.69, 9.17) is 4.74 Å². The molecule has 8 heteroatoms. The van der Waals surface area contributed by atoms with E-state index in [1.165, 1.54) is 18.2 Å². The fourth-order valence-corrected chi connectivity index (χ4v) is 3.08. The SMILES string of the molecule is CC(NC(=O)CCCOc1ccc(S(C)(=O)=O)cc1)c1ccc(F)cc1F. The van der Waals surface area contributed by atoms with Crippen LogP contribution in [0.5, 0.6) is 5.75 Å². The third kappa shape index (κ3) is 6.32. The van der Waals surface area contributed by atoms with Crippen molar-refractivity contribution in [3.05, 3.63) is 59.7 Å². The summed E-state index contributed by atoms with van der Waals surface area (Å²) in [4.78, 5) is 12.1. The van der Waals surface area contributed by atoms with E-state index in [1.807, 2.05) is 0 Å². The van der Waals surface area contributed by atoms with E-state index in [1.54, 1.807) is 19.1 Å². The lowest BCUT2D eigenvalue weighted by molar-refractivity contribution is -0.121. The molecule has 0 heterocycles. The first-order valence-electron chi connectivity index (χ1n) is 8.34. The number of halogens is 2. The maximum absolute atomic E-state index is 13.7. The lowest BCUT2D eigenvalue weighted by Crippen LogP contribution is -2.27. The quantitative estimate of drug-likeness (QED) is 0.693. The molecule has 0 spiro atoms. The summed E-state index contributed by atoms with van der Waals surface area (Å²) < 4.78 is 54.9. The van der Waals surface area contributed by atoms with Crippen molar-refractivity contribution in [1.29, 1.82) is 0 Å². The second-order valence-corrected chi connectivity index (χ2v) is 8.17. The summed E-state index contributed by atoms with van der Waals surface area (Å²) in [5.41, 5.74) is 0.215. The predicted octanol–water partition coefficient (Wildman–Crippen LogP) is 3.40. The molecule has 0 aliphatic carbocycles. The van der Waals surface area contributed by atoms with Crippen LogP contribution in [0.4, 0.5) is 8.78 Å². The molecule has 2 rings (SSSR count). The molecule has 0 aliphatic heterocycles. The van der Waals surface area contributed by atoms with E-state index >= 15 is 0 Å². The Bertz CT molecular complexity index is 898. The van der Waals surface area contributed by atoms with Gasteiger partial charge in [-0.1, -0.05) is 6.07 Å². The van der Waals surface area contributed by atoms with Gasteiger partial charge in [0.25, 0.3) is 0 Å². The van der Waals surface area contributed by atoms with Crippen LogP contribution in [-0.2, 0) is 14.6 Å². The van der Waals surface area contributed by atoms with Crippen molar-refractivity contribution in [3.8, 4) is 5.75 Å². The Hall–Kier alpha value is -2.48. The molecule has 1 N–H and O–H groups in total. The van der Waals surface area contributed by atoms with Crippen LogP contribution in [-0.4, -0.2) is 27.2 Å². The lowest BCUT2D eigenvalue weighted by Gasteiger charge is -2.15. The molecule has 27 heavy (non-hydrogen) atoms. The van der Waals surface area contributed by atoms with Gasteiger partial charge in [-0.05, 0) is 43.7 Å². The largest absolute Gasteiger partial charge is 0.494 e. The molecule has 0 fully saturated rings. The summed E-state index contributed by atoms with van der Waals surface area (Å²) in [6.07, 6.45) is 1.73. The van der Waals surface area contributed by atoms with Crippen molar-refractivity contribution in [2.75, 3.05) is 12.9 Å². The van der Waals surface area contributed by atoms with E-state index in [9.17, 15) is 22.0 Å². The van der Waals surface area contributed by atoms with E-state index in [0.717, 1.165) is 18.4 Å². The number of benzene rings is 2. The van der Waals surface area contributed by atoms with E-state index in [2.05, 4.69) is 5.32 Å². The van der Waals surface area contributed by atoms with Gasteiger partial charge in [-0.3, -0.25) is 4.79 Å². The summed E-state index contributed by atoms with van der Waals surface area (Å²) in [7, 11) is -3.25. The molecule has 0 saturated carbocycles. The number of carbonyl (C=O) groups is 1. The standard InChI is InChI=1S/C19H21F2NO4S/c1-13(17-10-5-14(20)12-18(17)21)22-19(23)4-3-11-26-15-6-8-16(9-7-15)27(2,24)25/h5-10,12-13H,3-4,11H2,1-2H3,(H,22,23). The Kier molecular flexibility index (Phi) is 6.90. The second kappa shape index (κ2) is 8.94. The molecule has 5 nitrogen and oxygen atoms in total. The highest BCUT2D eigenvalue weighted by molar-refractivity contribution is 7.90. The van der Waals surface area contributed by atoms with Gasteiger partial charge in [-0.15, -0.1) is 0 Å². The van der Waals surface area contributed by atoms with Gasteiger partial charge < -0.3 is 10.1 Å². The van der Waals surface area contributed by atoms with E-state index in [0.29, 0.717) is 12.2 Å². The van der Waals surface area contributed by atoms with Gasteiger partial charge >= 0.3 is 0 Å². The van der Waals surface area contributed by atoms with Gasteiger partial charge in [-0.2, -0.15) is 0 Å². The molecule has 0 radical (unpaired) electrons. The average molecular weight is 397 g/mol. The Morgan fingerprint density at radius 2 is 1.81 bits per heavy atom. The first-order valence-corrected chi connectivity index (χ1v) is 10.2. The Balaban J connectivity index is 1.76. The number of carbonyl (C=O) groups excluding carboxylic acids is 1. The number of sulfone groups is 1. The van der Waals surface area contributed by atoms with Crippen molar-refractivity contribution in [2.45, 2.75) is 30.7 Å². The van der Waals surface area contributed by atoms with Crippen LogP contribution in [0.3, 0.4) is 0 Å². The molecular formula is C19H21F2NO4S. The Morgan fingerprint density at radius 1 is 1.15 bits per heavy atom. The second-order valence-electron chi connectivity index (χ2n) is 6.15. The monoisotopic (exact) mass is 397 g/mol. The van der Waals surface area contributed by atoms with Crippen LogP contribution in [0.25, 0.3) is 0 Å². The van der Waals surface area contributed by atoms with E-state index < -0.39 is 27.5 Å². The third-order valence-electron chi connectivity index (χ3n) is 3.88. The van der Waals surface area contributed by atoms with Crippen molar-refractivity contribution >= 4 is 15.7 Å². The molecular weight excluding hydrogens is 376 g/mol. The molecule has 0 saturated heterocycles. The fourth-order valence-electron chi connectivity index (χ4n) is 2.45. The summed E-state index contributed by atoms with van der Waals surface area (Å²) in [6, 6.07) is 8.66. The smallest absolute Gasteiger partial charge is 0.220 e. The van der Waals surface area contributed by atoms with Gasteiger partial charge in [0, 0.05) is 24.3 Å². The van der Waals surface area contributed by atoms with Crippen molar-refractivity contribution < 1.29 is 26.7 Å². The van der Waals surface area contributed by atoms with Crippen LogP contribution in [0, 0.1) is 11.6 Å². The third-order valence-corrected chi connectivity index (χ3v) is 5.00. The Morgan fingerprint density at radius 3 is 2.41 bits per heavy atom. The minimum absolute atomic E-state index is 0.175. The van der Waals surface area contributed by atoms with Crippen molar-refractivity contribution in [2.24, 2.45) is 0 Å². The topological polar surface area (TPSA) is 72.5 Å². The molecule has 0 aromatic heterocycles. The van der Waals surface area contributed by atoms with Crippen LogP contribution in [0.2, 0.25) is 0 Å². The highest BCUT2D eigenvalue weighted by atomic mass is 32.2. The predicted molar refractivity (Wildman–Crippen MR) is 97.2 cm³/mol. The summed E-state index contributed by atoms with van der Waals surface area (Å²) in [6.45, 7) is 1.89. The Labute approximate surface area is 157 Å². The highest BCUT2D eigenvalue weighted by Crippen LogP contribution is 2.18. The zero-order chi connectivity index (χ0) is 20.0. The first kappa shape index (κ1) is 20.8. The van der Waals surface area contributed by atoms with Gasteiger partial charge in [0.15, 0.2) is 9.84 Å². The number of ether oxygens (including phenoxy) is 1. The zero-order valence-electron chi connectivity index (χ0n) is 15.0. The number of hydrogen-bond donors (Lipinski definition) is 1. The molecule has 2 aromatic rings. The summed E-state index contributed by atoms with van der Waals surface area (Å²) in [5, 5.41) is 2.66. The van der Waals surface area contributed by atoms with Crippen LogP contribution < -0.4 is 10.1 Å². The zero-order valence-corrected chi connectivity index (χ0v) is 15.9. The average Bonchev–Trinajstić information content (AvgIpc) is 2.58. The fraction of sp³-hybridized carbons (Fsp3) is 0.316. The molecule has 0 bridgehead atoms.